The van der Waals surface area contributed by atoms with Gasteiger partial charge in [0.2, 0.25) is 0 Å². The quantitative estimate of drug-likeness (QED) is 0.686. The normalized spacial score (nSPS) is 16.6. The number of sulfonamides is 1. The van der Waals surface area contributed by atoms with Crippen LogP contribution in [0.4, 0.5) is 5.69 Å². The Morgan fingerprint density at radius 2 is 1.85 bits per heavy atom. The topological polar surface area (TPSA) is 55.2 Å². The molecule has 0 N–H and O–H groups in total. The molecule has 140 valence electrons. The average molecular weight is 382 g/mol. The van der Waals surface area contributed by atoms with Crippen molar-refractivity contribution in [1.29, 1.82) is 0 Å². The van der Waals surface area contributed by atoms with Crippen molar-refractivity contribution in [2.45, 2.75) is 38.5 Å². The maximum absolute atomic E-state index is 13.5. The minimum atomic E-state index is -3.62. The number of nitrogens with zero attached hydrogens (tertiary/aromatic N) is 3. The smallest absolute Gasteiger partial charge is 0.264 e. The molecule has 27 heavy (non-hydrogen) atoms. The Kier molecular flexibility index (Phi) is 4.11. The van der Waals surface area contributed by atoms with Crippen LogP contribution in [-0.2, 0) is 10.0 Å². The van der Waals surface area contributed by atoms with Gasteiger partial charge in [0, 0.05) is 24.3 Å². The van der Waals surface area contributed by atoms with Crippen LogP contribution in [0.2, 0.25) is 0 Å². The van der Waals surface area contributed by atoms with Crippen LogP contribution in [0.3, 0.4) is 0 Å². The second kappa shape index (κ2) is 6.23. The highest BCUT2D eigenvalue weighted by molar-refractivity contribution is 7.93. The van der Waals surface area contributed by atoms with Crippen molar-refractivity contribution in [2.75, 3.05) is 10.8 Å². The van der Waals surface area contributed by atoms with E-state index in [9.17, 15) is 8.42 Å². The van der Waals surface area contributed by atoms with Crippen LogP contribution in [0.1, 0.15) is 35.2 Å². The fourth-order valence-corrected chi connectivity index (χ4v) is 5.69. The Hall–Kier alpha value is -2.60. The molecule has 0 radical (unpaired) electrons. The fraction of sp³-hybridized carbons (Fsp3) is 0.286. The number of imidazole rings is 1. The molecule has 2 heterocycles. The first kappa shape index (κ1) is 17.8. The molecule has 0 amide bonds. The van der Waals surface area contributed by atoms with Crippen LogP contribution >= 0.6 is 0 Å². The van der Waals surface area contributed by atoms with Crippen LogP contribution in [0.15, 0.2) is 53.8 Å². The Morgan fingerprint density at radius 3 is 2.52 bits per heavy atom. The zero-order valence-electron chi connectivity index (χ0n) is 16.0. The van der Waals surface area contributed by atoms with Crippen LogP contribution < -0.4 is 4.31 Å². The molecule has 5 nitrogen and oxygen atoms in total. The van der Waals surface area contributed by atoms with Gasteiger partial charge in [-0.2, -0.15) is 0 Å². The molecule has 0 bridgehead atoms. The SMILES string of the molecule is Cc1cn(-c2ccc(S(=O)(=O)N3C[C@@H](C)c4cccc(C)c43)c(C)c2)cn1. The van der Waals surface area contributed by atoms with Crippen molar-refractivity contribution >= 4 is 15.7 Å². The van der Waals surface area contributed by atoms with Gasteiger partial charge >= 0.3 is 0 Å². The Labute approximate surface area is 160 Å². The Morgan fingerprint density at radius 1 is 1.07 bits per heavy atom. The Bertz CT molecular complexity index is 1130. The molecular weight excluding hydrogens is 358 g/mol. The van der Waals surface area contributed by atoms with Crippen molar-refractivity contribution in [1.82, 2.24) is 9.55 Å². The van der Waals surface area contributed by atoms with E-state index in [2.05, 4.69) is 11.9 Å². The van der Waals surface area contributed by atoms with Crippen molar-refractivity contribution in [3.63, 3.8) is 0 Å². The molecule has 0 saturated heterocycles. The summed E-state index contributed by atoms with van der Waals surface area (Å²) >= 11 is 0. The molecule has 2 aromatic carbocycles. The number of hydrogen-bond acceptors (Lipinski definition) is 3. The first-order valence-electron chi connectivity index (χ1n) is 9.03. The number of aromatic nitrogens is 2. The molecule has 4 rings (SSSR count). The Balaban J connectivity index is 1.78. The summed E-state index contributed by atoms with van der Waals surface area (Å²) in [6.45, 7) is 8.29. The second-order valence-electron chi connectivity index (χ2n) is 7.32. The fourth-order valence-electron chi connectivity index (χ4n) is 3.84. The maximum atomic E-state index is 13.5. The van der Waals surface area contributed by atoms with E-state index < -0.39 is 10.0 Å². The summed E-state index contributed by atoms with van der Waals surface area (Å²) in [5, 5.41) is 0. The van der Waals surface area contributed by atoms with Crippen molar-refractivity contribution in [3.05, 3.63) is 71.3 Å². The maximum Gasteiger partial charge on any atom is 0.264 e. The van der Waals surface area contributed by atoms with E-state index in [1.54, 1.807) is 16.7 Å². The lowest BCUT2D eigenvalue weighted by molar-refractivity contribution is 0.589. The number of anilines is 1. The molecule has 0 unspecified atom stereocenters. The zero-order chi connectivity index (χ0) is 19.3. The van der Waals surface area contributed by atoms with E-state index in [1.165, 1.54) is 0 Å². The summed E-state index contributed by atoms with van der Waals surface area (Å²) < 4.78 is 30.4. The third-order valence-electron chi connectivity index (χ3n) is 5.23. The third kappa shape index (κ3) is 2.84. The molecule has 1 aliphatic rings. The monoisotopic (exact) mass is 381 g/mol. The van der Waals surface area contributed by atoms with Gasteiger partial charge in [-0.25, -0.2) is 13.4 Å². The summed E-state index contributed by atoms with van der Waals surface area (Å²) in [7, 11) is -3.62. The summed E-state index contributed by atoms with van der Waals surface area (Å²) in [5.41, 5.74) is 5.47. The molecule has 1 aliphatic heterocycles. The highest BCUT2D eigenvalue weighted by Gasteiger charge is 2.36. The minimum absolute atomic E-state index is 0.183. The average Bonchev–Trinajstić information content (AvgIpc) is 3.20. The van der Waals surface area contributed by atoms with E-state index in [1.807, 2.05) is 61.9 Å². The van der Waals surface area contributed by atoms with Gasteiger partial charge in [-0.05, 0) is 55.7 Å². The summed E-state index contributed by atoms with van der Waals surface area (Å²) in [5.74, 6) is 0.183. The summed E-state index contributed by atoms with van der Waals surface area (Å²) in [6, 6.07) is 11.4. The van der Waals surface area contributed by atoms with Crippen molar-refractivity contribution in [3.8, 4) is 5.69 Å². The van der Waals surface area contributed by atoms with Gasteiger partial charge in [0.05, 0.1) is 22.6 Å². The van der Waals surface area contributed by atoms with Crippen LogP contribution in [0.5, 0.6) is 0 Å². The third-order valence-corrected chi connectivity index (χ3v) is 7.15. The predicted molar refractivity (Wildman–Crippen MR) is 107 cm³/mol. The van der Waals surface area contributed by atoms with Gasteiger partial charge < -0.3 is 4.57 Å². The summed E-state index contributed by atoms with van der Waals surface area (Å²) in [4.78, 5) is 4.59. The highest BCUT2D eigenvalue weighted by Crippen LogP contribution is 2.41. The first-order chi connectivity index (χ1) is 12.8. The lowest BCUT2D eigenvalue weighted by atomic mass is 10.0. The van der Waals surface area contributed by atoms with Crippen molar-refractivity contribution < 1.29 is 8.42 Å². The van der Waals surface area contributed by atoms with E-state index in [4.69, 9.17) is 0 Å². The molecule has 0 aliphatic carbocycles. The number of hydrogen-bond donors (Lipinski definition) is 0. The predicted octanol–water partition coefficient (Wildman–Crippen LogP) is 4.11. The van der Waals surface area contributed by atoms with Gasteiger partial charge in [-0.1, -0.05) is 25.1 Å². The summed E-state index contributed by atoms with van der Waals surface area (Å²) in [6.07, 6.45) is 3.66. The van der Waals surface area contributed by atoms with E-state index in [-0.39, 0.29) is 5.92 Å². The molecule has 1 atom stereocenters. The molecule has 6 heteroatoms. The standard InChI is InChI=1S/C21H23N3O2S/c1-14-6-5-7-19-16(3)11-24(21(14)19)27(25,26)20-9-8-18(10-15(20)2)23-12-17(4)22-13-23/h5-10,12-13,16H,11H2,1-4H3/t16-/m1/s1. The minimum Gasteiger partial charge on any atom is -0.306 e. The van der Waals surface area contributed by atoms with Gasteiger partial charge in [0.25, 0.3) is 10.0 Å². The number of benzene rings is 2. The van der Waals surface area contributed by atoms with Crippen LogP contribution in [-0.4, -0.2) is 24.5 Å². The number of rotatable bonds is 3. The number of para-hydroxylation sites is 1. The highest BCUT2D eigenvalue weighted by atomic mass is 32.2. The van der Waals surface area contributed by atoms with Gasteiger partial charge in [0.1, 0.15) is 0 Å². The molecule has 0 fully saturated rings. The van der Waals surface area contributed by atoms with Crippen molar-refractivity contribution in [2.24, 2.45) is 0 Å². The lowest BCUT2D eigenvalue weighted by Gasteiger charge is -2.22. The van der Waals surface area contributed by atoms with E-state index in [0.717, 1.165) is 33.8 Å². The molecule has 1 aromatic heterocycles. The van der Waals surface area contributed by atoms with E-state index >= 15 is 0 Å². The van der Waals surface area contributed by atoms with Crippen LogP contribution in [0, 0.1) is 20.8 Å². The molecule has 0 spiro atoms. The first-order valence-corrected chi connectivity index (χ1v) is 10.5. The zero-order valence-corrected chi connectivity index (χ0v) is 16.8. The number of fused-ring (bicyclic) bond motifs is 1. The van der Waals surface area contributed by atoms with Gasteiger partial charge in [0.15, 0.2) is 0 Å². The molecule has 3 aromatic rings. The van der Waals surface area contributed by atoms with E-state index in [0.29, 0.717) is 11.4 Å². The molecular formula is C21H23N3O2S. The second-order valence-corrected chi connectivity index (χ2v) is 9.15. The molecule has 0 saturated carbocycles. The van der Waals surface area contributed by atoms with Crippen LogP contribution in [0.25, 0.3) is 5.69 Å². The lowest BCUT2D eigenvalue weighted by Crippen LogP contribution is -2.30. The van der Waals surface area contributed by atoms with Gasteiger partial charge in [-0.3, -0.25) is 4.31 Å². The number of aryl methyl sites for hydroxylation is 3. The largest absolute Gasteiger partial charge is 0.306 e. The van der Waals surface area contributed by atoms with Gasteiger partial charge in [-0.15, -0.1) is 0 Å².